The standard InChI is InChI=1S/C25H28N2O7/c1-15-9-10-16(14-33-27-22(30)19-7-5-6-8-20(19)23(27)31)11-17(15)12-18(13-21(28)29)26-24(32)34-25(2,3)4/h5-11,18H,12-14H2,1-4H3,(H,26,32)(H,28,29)/t18-/m0/s1. The molecule has 0 saturated carbocycles. The van der Waals surface area contributed by atoms with E-state index in [0.29, 0.717) is 16.7 Å². The maximum Gasteiger partial charge on any atom is 0.407 e. The van der Waals surface area contributed by atoms with E-state index in [1.165, 1.54) is 0 Å². The molecule has 0 aliphatic carbocycles. The second-order valence-electron chi connectivity index (χ2n) is 9.13. The van der Waals surface area contributed by atoms with Gasteiger partial charge in [-0.1, -0.05) is 30.3 Å². The number of nitrogens with one attached hydrogen (secondary N) is 1. The maximum absolute atomic E-state index is 12.5. The van der Waals surface area contributed by atoms with E-state index in [2.05, 4.69) is 5.32 Å². The van der Waals surface area contributed by atoms with Gasteiger partial charge in [-0.2, -0.15) is 0 Å². The zero-order chi connectivity index (χ0) is 25.0. The van der Waals surface area contributed by atoms with Gasteiger partial charge >= 0.3 is 12.1 Å². The van der Waals surface area contributed by atoms with Crippen LogP contribution in [0, 0.1) is 6.92 Å². The Morgan fingerprint density at radius 2 is 1.68 bits per heavy atom. The van der Waals surface area contributed by atoms with E-state index in [1.807, 2.05) is 13.0 Å². The van der Waals surface area contributed by atoms with Gasteiger partial charge < -0.3 is 15.2 Å². The van der Waals surface area contributed by atoms with Crippen LogP contribution in [0.2, 0.25) is 0 Å². The Morgan fingerprint density at radius 3 is 2.24 bits per heavy atom. The molecule has 34 heavy (non-hydrogen) atoms. The first-order chi connectivity index (χ1) is 15.9. The number of imide groups is 1. The van der Waals surface area contributed by atoms with Crippen LogP contribution in [0.5, 0.6) is 0 Å². The van der Waals surface area contributed by atoms with Crippen LogP contribution < -0.4 is 5.32 Å². The smallest absolute Gasteiger partial charge is 0.407 e. The van der Waals surface area contributed by atoms with E-state index < -0.39 is 35.5 Å². The largest absolute Gasteiger partial charge is 0.481 e. The van der Waals surface area contributed by atoms with Crippen molar-refractivity contribution >= 4 is 23.9 Å². The number of benzene rings is 2. The lowest BCUT2D eigenvalue weighted by atomic mass is 9.97. The van der Waals surface area contributed by atoms with Gasteiger partial charge in [-0.05, 0) is 62.9 Å². The minimum atomic E-state index is -1.05. The quantitative estimate of drug-likeness (QED) is 0.567. The van der Waals surface area contributed by atoms with Crippen molar-refractivity contribution in [1.29, 1.82) is 0 Å². The number of carbonyl (C=O) groups is 4. The third-order valence-corrected chi connectivity index (χ3v) is 5.14. The number of ether oxygens (including phenoxy) is 1. The van der Waals surface area contributed by atoms with Gasteiger partial charge in [0, 0.05) is 6.04 Å². The molecular weight excluding hydrogens is 440 g/mol. The summed E-state index contributed by atoms with van der Waals surface area (Å²) in [6.07, 6.45) is -0.728. The van der Waals surface area contributed by atoms with Gasteiger partial charge in [0.25, 0.3) is 11.8 Å². The van der Waals surface area contributed by atoms with E-state index >= 15 is 0 Å². The normalized spacial score (nSPS) is 14.1. The number of carbonyl (C=O) groups excluding carboxylic acids is 3. The number of aliphatic carboxylic acids is 1. The molecule has 2 aromatic rings. The third kappa shape index (κ3) is 6.20. The van der Waals surface area contributed by atoms with Gasteiger partial charge in [0.05, 0.1) is 17.5 Å². The predicted molar refractivity (Wildman–Crippen MR) is 122 cm³/mol. The first kappa shape index (κ1) is 24.9. The van der Waals surface area contributed by atoms with Crippen molar-refractivity contribution in [1.82, 2.24) is 10.4 Å². The topological polar surface area (TPSA) is 122 Å². The van der Waals surface area contributed by atoms with Crippen molar-refractivity contribution in [2.24, 2.45) is 0 Å². The Labute approximate surface area is 197 Å². The van der Waals surface area contributed by atoms with E-state index in [9.17, 15) is 24.3 Å². The number of nitrogens with zero attached hydrogens (tertiary/aromatic N) is 1. The van der Waals surface area contributed by atoms with Crippen molar-refractivity contribution < 1.29 is 33.9 Å². The Morgan fingerprint density at radius 1 is 1.06 bits per heavy atom. The highest BCUT2D eigenvalue weighted by Gasteiger charge is 2.36. The molecule has 0 saturated heterocycles. The molecule has 0 radical (unpaired) electrons. The monoisotopic (exact) mass is 468 g/mol. The van der Waals surface area contributed by atoms with Crippen molar-refractivity contribution in [2.45, 2.75) is 58.8 Å². The molecule has 1 heterocycles. The Bertz CT molecular complexity index is 1090. The number of hydrogen-bond acceptors (Lipinski definition) is 6. The third-order valence-electron chi connectivity index (χ3n) is 5.14. The molecule has 3 rings (SSSR count). The van der Waals surface area contributed by atoms with Gasteiger partial charge in [-0.15, -0.1) is 5.06 Å². The lowest BCUT2D eigenvalue weighted by molar-refractivity contribution is -0.137. The van der Waals surface area contributed by atoms with Crippen LogP contribution in [-0.2, 0) is 27.4 Å². The number of amides is 3. The van der Waals surface area contributed by atoms with E-state index in [-0.39, 0.29) is 19.4 Å². The Kier molecular flexibility index (Phi) is 7.36. The molecule has 3 amide bonds. The molecule has 0 bridgehead atoms. The molecule has 2 aromatic carbocycles. The molecule has 0 aromatic heterocycles. The molecule has 0 unspecified atom stereocenters. The number of fused-ring (bicyclic) bond motifs is 1. The zero-order valence-electron chi connectivity index (χ0n) is 19.6. The van der Waals surface area contributed by atoms with Crippen LogP contribution in [0.1, 0.15) is 64.6 Å². The van der Waals surface area contributed by atoms with Gasteiger partial charge in [0.15, 0.2) is 0 Å². The Balaban J connectivity index is 1.70. The van der Waals surface area contributed by atoms with Crippen LogP contribution in [0.4, 0.5) is 4.79 Å². The summed E-state index contributed by atoms with van der Waals surface area (Å²) in [7, 11) is 0. The number of carboxylic acid groups (broad SMARTS) is 1. The van der Waals surface area contributed by atoms with E-state index in [0.717, 1.165) is 16.2 Å². The summed E-state index contributed by atoms with van der Waals surface area (Å²) in [4.78, 5) is 54.0. The van der Waals surface area contributed by atoms with Gasteiger partial charge in [-0.25, -0.2) is 4.79 Å². The Hall–Kier alpha value is -3.72. The summed E-state index contributed by atoms with van der Waals surface area (Å²) in [5, 5.41) is 12.7. The van der Waals surface area contributed by atoms with E-state index in [4.69, 9.17) is 9.57 Å². The summed E-state index contributed by atoms with van der Waals surface area (Å²) >= 11 is 0. The van der Waals surface area contributed by atoms with Crippen LogP contribution in [0.3, 0.4) is 0 Å². The molecule has 1 atom stereocenters. The summed E-state index contributed by atoms with van der Waals surface area (Å²) in [6, 6.07) is 11.2. The number of carboxylic acids is 1. The molecule has 9 nitrogen and oxygen atoms in total. The average molecular weight is 469 g/mol. The van der Waals surface area contributed by atoms with Gasteiger partial charge in [0.2, 0.25) is 0 Å². The SMILES string of the molecule is Cc1ccc(CON2C(=O)c3ccccc3C2=O)cc1C[C@@H](CC(=O)O)NC(=O)OC(C)(C)C. The highest BCUT2D eigenvalue weighted by molar-refractivity contribution is 6.20. The molecule has 1 aliphatic heterocycles. The fourth-order valence-electron chi connectivity index (χ4n) is 3.58. The number of rotatable bonds is 8. The highest BCUT2D eigenvalue weighted by Crippen LogP contribution is 2.24. The van der Waals surface area contributed by atoms with Gasteiger partial charge in [0.1, 0.15) is 12.2 Å². The summed E-state index contributed by atoms with van der Waals surface area (Å²) in [6.45, 7) is 7.00. The van der Waals surface area contributed by atoms with Crippen molar-refractivity contribution in [3.63, 3.8) is 0 Å². The van der Waals surface area contributed by atoms with Crippen LogP contribution in [0.15, 0.2) is 42.5 Å². The zero-order valence-corrected chi connectivity index (χ0v) is 19.6. The molecule has 9 heteroatoms. The summed E-state index contributed by atoms with van der Waals surface area (Å²) in [5.41, 5.74) is 2.25. The lowest BCUT2D eigenvalue weighted by Crippen LogP contribution is -2.41. The predicted octanol–water partition coefficient (Wildman–Crippen LogP) is 3.63. The molecular formula is C25H28N2O7. The average Bonchev–Trinajstić information content (AvgIpc) is 2.97. The molecule has 0 fully saturated rings. The summed E-state index contributed by atoms with van der Waals surface area (Å²) < 4.78 is 5.25. The molecule has 1 aliphatic rings. The lowest BCUT2D eigenvalue weighted by Gasteiger charge is -2.23. The van der Waals surface area contributed by atoms with E-state index in [1.54, 1.807) is 57.2 Å². The minimum absolute atomic E-state index is 0.0398. The van der Waals surface area contributed by atoms with Crippen molar-refractivity contribution in [3.8, 4) is 0 Å². The van der Waals surface area contributed by atoms with Crippen LogP contribution in [-0.4, -0.2) is 45.7 Å². The first-order valence-corrected chi connectivity index (χ1v) is 10.8. The van der Waals surface area contributed by atoms with Crippen LogP contribution in [0.25, 0.3) is 0 Å². The first-order valence-electron chi connectivity index (χ1n) is 10.8. The van der Waals surface area contributed by atoms with Crippen molar-refractivity contribution in [2.75, 3.05) is 0 Å². The highest BCUT2D eigenvalue weighted by atomic mass is 16.7. The number of aryl methyl sites for hydroxylation is 1. The second kappa shape index (κ2) is 10.0. The van der Waals surface area contributed by atoms with Crippen molar-refractivity contribution in [3.05, 3.63) is 70.3 Å². The fraction of sp³-hybridized carbons (Fsp3) is 0.360. The van der Waals surface area contributed by atoms with Crippen LogP contribution >= 0.6 is 0 Å². The number of hydroxylamine groups is 2. The maximum atomic E-state index is 12.5. The second-order valence-corrected chi connectivity index (χ2v) is 9.13. The number of hydrogen-bond donors (Lipinski definition) is 2. The minimum Gasteiger partial charge on any atom is -0.481 e. The van der Waals surface area contributed by atoms with Gasteiger partial charge in [-0.3, -0.25) is 19.2 Å². The molecule has 0 spiro atoms. The number of alkyl carbamates (subject to hydrolysis) is 1. The summed E-state index contributed by atoms with van der Waals surface area (Å²) in [5.74, 6) is -2.09. The molecule has 2 N–H and O–H groups in total. The fourth-order valence-corrected chi connectivity index (χ4v) is 3.58. The molecule has 180 valence electrons.